The van der Waals surface area contributed by atoms with E-state index < -0.39 is 18.4 Å². The number of para-hydroxylation sites is 1. The lowest BCUT2D eigenvalue weighted by molar-refractivity contribution is -0.140. The molecule has 0 atom stereocenters. The molecule has 32 heavy (non-hydrogen) atoms. The average molecular weight is 482 g/mol. The topological polar surface area (TPSA) is 75.4 Å². The van der Waals surface area contributed by atoms with Crippen molar-refractivity contribution < 1.29 is 14.7 Å². The second-order valence-electron chi connectivity index (χ2n) is 6.83. The highest BCUT2D eigenvalue weighted by Gasteiger charge is 2.33. The Morgan fingerprint density at radius 2 is 1.91 bits per heavy atom. The summed E-state index contributed by atoms with van der Waals surface area (Å²) in [5.41, 5.74) is 3.29. The lowest BCUT2D eigenvalue weighted by Crippen LogP contribution is -2.33. The van der Waals surface area contributed by atoms with Crippen molar-refractivity contribution in [1.82, 2.24) is 14.7 Å². The van der Waals surface area contributed by atoms with Crippen LogP contribution in [0.25, 0.3) is 23.0 Å². The van der Waals surface area contributed by atoms with Crippen molar-refractivity contribution in [2.75, 3.05) is 12.3 Å². The molecule has 162 valence electrons. The molecule has 0 saturated carbocycles. The minimum absolute atomic E-state index is 0.238. The van der Waals surface area contributed by atoms with Crippen molar-refractivity contribution in [3.05, 3.63) is 71.3 Å². The van der Waals surface area contributed by atoms with Crippen LogP contribution in [0.4, 0.5) is 0 Å². The molecule has 9 heteroatoms. The number of carbonyl (C=O) groups is 2. The number of amides is 1. The Labute approximate surface area is 199 Å². The highest BCUT2D eigenvalue weighted by atomic mass is 32.2. The van der Waals surface area contributed by atoms with Gasteiger partial charge in [-0.2, -0.15) is 5.10 Å². The molecule has 1 saturated heterocycles. The zero-order chi connectivity index (χ0) is 22.7. The van der Waals surface area contributed by atoms with Gasteiger partial charge >= 0.3 is 5.97 Å². The number of thioether (sulfide) groups is 2. The number of carboxylic acid groups (broad SMARTS) is 1. The summed E-state index contributed by atoms with van der Waals surface area (Å²) < 4.78 is 2.01. The van der Waals surface area contributed by atoms with E-state index in [1.165, 1.54) is 4.90 Å². The Hall–Kier alpha value is -2.88. The number of benzene rings is 2. The maximum Gasteiger partial charge on any atom is 0.323 e. The number of nitrogens with zero attached hydrogens (tertiary/aromatic N) is 3. The number of hydrogen-bond acceptors (Lipinski definition) is 6. The molecule has 1 aromatic heterocycles. The van der Waals surface area contributed by atoms with Crippen LogP contribution in [0.2, 0.25) is 0 Å². The average Bonchev–Trinajstić information content (AvgIpc) is 3.32. The van der Waals surface area contributed by atoms with E-state index in [0.29, 0.717) is 4.91 Å². The lowest BCUT2D eigenvalue weighted by atomic mass is 10.1. The summed E-state index contributed by atoms with van der Waals surface area (Å²) in [5.74, 6) is -0.522. The molecule has 0 aliphatic carbocycles. The van der Waals surface area contributed by atoms with Crippen molar-refractivity contribution in [2.24, 2.45) is 0 Å². The van der Waals surface area contributed by atoms with Crippen LogP contribution in [0.3, 0.4) is 0 Å². The Kier molecular flexibility index (Phi) is 6.78. The molecular formula is C23H19N3O3S3. The molecule has 0 bridgehead atoms. The van der Waals surface area contributed by atoms with Crippen molar-refractivity contribution in [1.29, 1.82) is 0 Å². The van der Waals surface area contributed by atoms with E-state index in [9.17, 15) is 9.59 Å². The maximum absolute atomic E-state index is 12.8. The number of rotatable bonds is 7. The van der Waals surface area contributed by atoms with E-state index in [-0.39, 0.29) is 4.32 Å². The number of hydrogen-bond donors (Lipinski definition) is 1. The van der Waals surface area contributed by atoms with Gasteiger partial charge in [-0.1, -0.05) is 61.2 Å². The fraction of sp³-hybridized carbons (Fsp3) is 0.130. The van der Waals surface area contributed by atoms with Crippen LogP contribution in [0.5, 0.6) is 0 Å². The predicted molar refractivity (Wildman–Crippen MR) is 133 cm³/mol. The summed E-state index contributed by atoms with van der Waals surface area (Å²) in [7, 11) is 0. The van der Waals surface area contributed by atoms with Crippen LogP contribution in [-0.4, -0.2) is 48.3 Å². The van der Waals surface area contributed by atoms with Gasteiger partial charge < -0.3 is 5.11 Å². The van der Waals surface area contributed by atoms with E-state index in [0.717, 1.165) is 44.9 Å². The van der Waals surface area contributed by atoms with Crippen molar-refractivity contribution in [2.45, 2.75) is 11.8 Å². The van der Waals surface area contributed by atoms with Crippen molar-refractivity contribution in [3.63, 3.8) is 0 Å². The number of carbonyl (C=O) groups excluding carboxylic acids is 1. The zero-order valence-corrected chi connectivity index (χ0v) is 19.5. The van der Waals surface area contributed by atoms with Crippen LogP contribution in [0.15, 0.2) is 70.6 Å². The summed E-state index contributed by atoms with van der Waals surface area (Å²) in [6.07, 6.45) is 3.60. The van der Waals surface area contributed by atoms with Crippen LogP contribution < -0.4 is 0 Å². The second-order valence-corrected chi connectivity index (χ2v) is 9.85. The van der Waals surface area contributed by atoms with Crippen LogP contribution in [0, 0.1) is 0 Å². The van der Waals surface area contributed by atoms with Gasteiger partial charge in [0.15, 0.2) is 0 Å². The first kappa shape index (κ1) is 22.3. The summed E-state index contributed by atoms with van der Waals surface area (Å²) in [6, 6.07) is 17.9. The largest absolute Gasteiger partial charge is 0.480 e. The fourth-order valence-electron chi connectivity index (χ4n) is 3.22. The minimum Gasteiger partial charge on any atom is -0.480 e. The van der Waals surface area contributed by atoms with E-state index >= 15 is 0 Å². The highest BCUT2D eigenvalue weighted by molar-refractivity contribution is 8.26. The number of carboxylic acids is 1. The molecule has 1 N–H and O–H groups in total. The van der Waals surface area contributed by atoms with Crippen LogP contribution >= 0.6 is 35.7 Å². The van der Waals surface area contributed by atoms with Gasteiger partial charge in [-0.15, -0.1) is 11.8 Å². The SMILES string of the molecule is CCSc1ccc(-c2nn(-c3ccccc3)cc2/C=C2\SC(=S)N(CC(=O)O)C2=O)cc1. The van der Waals surface area contributed by atoms with Gasteiger partial charge in [-0.05, 0) is 36.1 Å². The Bertz CT molecular complexity index is 1200. The minimum atomic E-state index is -1.11. The van der Waals surface area contributed by atoms with E-state index in [1.54, 1.807) is 22.5 Å². The van der Waals surface area contributed by atoms with Crippen LogP contribution in [0.1, 0.15) is 12.5 Å². The first-order chi connectivity index (χ1) is 15.5. The number of aliphatic carboxylic acids is 1. The normalized spacial score (nSPS) is 15.0. The zero-order valence-electron chi connectivity index (χ0n) is 17.1. The molecule has 3 aromatic rings. The quantitative estimate of drug-likeness (QED) is 0.291. The molecule has 4 rings (SSSR count). The first-order valence-electron chi connectivity index (χ1n) is 9.81. The first-order valence-corrected chi connectivity index (χ1v) is 12.0. The van der Waals surface area contributed by atoms with Crippen LogP contribution in [-0.2, 0) is 9.59 Å². The lowest BCUT2D eigenvalue weighted by Gasteiger charge is -2.10. The number of thiocarbonyl (C=S) groups is 1. The third-order valence-corrected chi connectivity index (χ3v) is 6.93. The highest BCUT2D eigenvalue weighted by Crippen LogP contribution is 2.35. The Balaban J connectivity index is 1.76. The van der Waals surface area contributed by atoms with E-state index in [1.807, 2.05) is 48.7 Å². The molecule has 1 amide bonds. The van der Waals surface area contributed by atoms with E-state index in [2.05, 4.69) is 19.1 Å². The van der Waals surface area contributed by atoms with E-state index in [4.69, 9.17) is 22.4 Å². The smallest absolute Gasteiger partial charge is 0.323 e. The maximum atomic E-state index is 12.8. The molecule has 1 aliphatic rings. The summed E-state index contributed by atoms with van der Waals surface area (Å²) in [4.78, 5) is 26.5. The molecule has 0 spiro atoms. The van der Waals surface area contributed by atoms with Gasteiger partial charge in [0, 0.05) is 22.2 Å². The third-order valence-electron chi connectivity index (χ3n) is 4.66. The molecular weight excluding hydrogens is 462 g/mol. The van der Waals surface area contributed by atoms with Gasteiger partial charge in [0.1, 0.15) is 10.9 Å². The molecule has 0 radical (unpaired) electrons. The van der Waals surface area contributed by atoms with Gasteiger partial charge in [0.2, 0.25) is 0 Å². The van der Waals surface area contributed by atoms with Crippen molar-refractivity contribution in [3.8, 4) is 16.9 Å². The van der Waals surface area contributed by atoms with Gasteiger partial charge in [-0.25, -0.2) is 4.68 Å². The molecule has 6 nitrogen and oxygen atoms in total. The summed E-state index contributed by atoms with van der Waals surface area (Å²) in [6.45, 7) is 1.66. The monoisotopic (exact) mass is 481 g/mol. The van der Waals surface area contributed by atoms with Gasteiger partial charge in [0.25, 0.3) is 5.91 Å². The molecule has 1 aliphatic heterocycles. The third kappa shape index (κ3) is 4.79. The molecule has 0 unspecified atom stereocenters. The standard InChI is InChI=1S/C23H19N3O3S3/c1-2-31-18-10-8-15(9-11-18)21-16(13-26(24-21)17-6-4-3-5-7-17)12-19-22(29)25(14-20(27)28)23(30)32-19/h3-13H,2,14H2,1H3,(H,27,28)/b19-12-. The number of aromatic nitrogens is 2. The second kappa shape index (κ2) is 9.72. The predicted octanol–water partition coefficient (Wildman–Crippen LogP) is 4.94. The molecule has 1 fully saturated rings. The Morgan fingerprint density at radius 3 is 2.56 bits per heavy atom. The van der Waals surface area contributed by atoms with Gasteiger partial charge in [0.05, 0.1) is 16.3 Å². The fourth-order valence-corrected chi connectivity index (χ4v) is 5.13. The van der Waals surface area contributed by atoms with Crippen molar-refractivity contribution >= 4 is 58.0 Å². The summed E-state index contributed by atoms with van der Waals surface area (Å²) >= 11 is 8.08. The van der Waals surface area contributed by atoms with Gasteiger partial charge in [-0.3, -0.25) is 14.5 Å². The molecule has 2 aromatic carbocycles. The Morgan fingerprint density at radius 1 is 1.19 bits per heavy atom. The summed E-state index contributed by atoms with van der Waals surface area (Å²) in [5, 5.41) is 13.9. The molecule has 2 heterocycles.